The van der Waals surface area contributed by atoms with Gasteiger partial charge in [-0.2, -0.15) is 6.42 Å². The standard InChI is InChI=1S/C14H25N3O2.U/c1-5-12-7-6-8-17(12)14(19)11(3)16-13(18)10(2)9-15-4;/h10-12,15H,1,3,5-9H2,2,4H3,(H,16,18);/q-2;+2/t10-,11+,12+;/m1./s1/i8T;/t8?,10-,11+,12+;. The second-order valence-corrected chi connectivity index (χ2v) is 4.97. The van der Waals surface area contributed by atoms with Gasteiger partial charge >= 0.3 is 31.1 Å². The van der Waals surface area contributed by atoms with Gasteiger partial charge in [-0.3, -0.25) is 9.59 Å². The molecule has 0 radical (unpaired) electrons. The third-order valence-corrected chi connectivity index (χ3v) is 3.38. The number of amides is 2. The fraction of sp³-hybridized carbons (Fsp3) is 0.714. The largest absolute Gasteiger partial charge is 2.00 e. The molecule has 0 bridgehead atoms. The van der Waals surface area contributed by atoms with Gasteiger partial charge in [0.1, 0.15) is 0 Å². The molecule has 0 aliphatic carbocycles. The Labute approximate surface area is 147 Å². The zero-order valence-corrected chi connectivity index (χ0v) is 16.5. The normalized spacial score (nSPS) is 25.4. The molecular weight excluding hydrogens is 480 g/mol. The van der Waals surface area contributed by atoms with Crippen molar-refractivity contribution in [3.63, 3.8) is 0 Å². The van der Waals surface area contributed by atoms with Crippen LogP contribution >= 0.6 is 0 Å². The molecule has 20 heavy (non-hydrogen) atoms. The van der Waals surface area contributed by atoms with Crippen LogP contribution in [0.15, 0.2) is 0 Å². The van der Waals surface area contributed by atoms with Crippen molar-refractivity contribution in [1.82, 2.24) is 15.5 Å². The molecule has 2 amide bonds. The topological polar surface area (TPSA) is 61.4 Å². The molecule has 112 valence electrons. The van der Waals surface area contributed by atoms with Gasteiger partial charge in [-0.1, -0.05) is 6.92 Å². The number of nitrogens with zero attached hydrogens (tertiary/aromatic N) is 1. The molecule has 1 heterocycles. The molecule has 1 rings (SSSR count). The maximum Gasteiger partial charge on any atom is 2.00 e. The number of nitrogens with one attached hydrogen (secondary N) is 2. The molecule has 4 atom stereocenters. The van der Waals surface area contributed by atoms with Crippen LogP contribution in [0.2, 0.25) is 0 Å². The molecule has 0 spiro atoms. The number of hydrogen-bond acceptors (Lipinski definition) is 3. The van der Waals surface area contributed by atoms with Crippen molar-refractivity contribution < 1.29 is 42.1 Å². The van der Waals surface area contributed by atoms with E-state index in [1.54, 1.807) is 14.0 Å². The number of carbonyl (C=O) groups excluding carboxylic acids is 2. The van der Waals surface area contributed by atoms with Gasteiger partial charge in [0, 0.05) is 26.4 Å². The summed E-state index contributed by atoms with van der Waals surface area (Å²) in [6, 6.07) is -0.859. The Kier molecular flexibility index (Phi) is 8.83. The maximum atomic E-state index is 12.3. The van der Waals surface area contributed by atoms with Crippen molar-refractivity contribution >= 4 is 11.8 Å². The summed E-state index contributed by atoms with van der Waals surface area (Å²) in [5.74, 6) is -0.730. The van der Waals surface area contributed by atoms with Crippen molar-refractivity contribution in [2.45, 2.75) is 38.3 Å². The van der Waals surface area contributed by atoms with E-state index in [9.17, 15) is 9.59 Å². The molecule has 2 N–H and O–H groups in total. The van der Waals surface area contributed by atoms with Crippen molar-refractivity contribution in [1.29, 1.82) is 0 Å². The summed E-state index contributed by atoms with van der Waals surface area (Å²) in [5, 5.41) is 5.54. The van der Waals surface area contributed by atoms with Crippen LogP contribution < -0.4 is 10.6 Å². The van der Waals surface area contributed by atoms with Crippen LogP contribution in [0.3, 0.4) is 0 Å². The fourth-order valence-electron chi connectivity index (χ4n) is 2.20. The molecule has 1 fully saturated rings. The molecule has 0 saturated carbocycles. The second kappa shape index (κ2) is 9.81. The summed E-state index contributed by atoms with van der Waals surface area (Å²) in [5.41, 5.74) is 0. The number of hydrogen-bond donors (Lipinski definition) is 2. The minimum Gasteiger partial charge on any atom is -0.374 e. The monoisotopic (exact) mass is 507 g/mol. The summed E-state index contributed by atoms with van der Waals surface area (Å²) in [6.45, 7) is 9.31. The third kappa shape index (κ3) is 5.38. The first-order chi connectivity index (χ1) is 9.42. The van der Waals surface area contributed by atoms with E-state index in [1.165, 1.54) is 4.90 Å². The Hall–Kier alpha value is -0.0481. The van der Waals surface area contributed by atoms with Crippen LogP contribution in [0, 0.1) is 50.9 Å². The van der Waals surface area contributed by atoms with Crippen LogP contribution in [0.1, 0.15) is 27.6 Å². The maximum absolute atomic E-state index is 12.3. The van der Waals surface area contributed by atoms with Crippen molar-refractivity contribution in [3.8, 4) is 0 Å². The first kappa shape index (κ1) is 18.0. The quantitative estimate of drug-likeness (QED) is 0.512. The second-order valence-electron chi connectivity index (χ2n) is 4.97. The Morgan fingerprint density at radius 3 is 2.75 bits per heavy atom. The summed E-state index contributed by atoms with van der Waals surface area (Å²) in [7, 11) is 1.77. The average Bonchev–Trinajstić information content (AvgIpc) is 2.78. The Morgan fingerprint density at radius 2 is 2.20 bits per heavy atom. The van der Waals surface area contributed by atoms with Crippen molar-refractivity contribution in [2.75, 3.05) is 20.1 Å². The first-order valence-electron chi connectivity index (χ1n) is 7.31. The van der Waals surface area contributed by atoms with E-state index in [1.807, 2.05) is 0 Å². The molecule has 1 aliphatic rings. The van der Waals surface area contributed by atoms with Gasteiger partial charge in [0.05, 0.1) is 0 Å². The van der Waals surface area contributed by atoms with E-state index in [4.69, 9.17) is 1.37 Å². The van der Waals surface area contributed by atoms with Gasteiger partial charge in [0.25, 0.3) is 0 Å². The van der Waals surface area contributed by atoms with Gasteiger partial charge in [0.15, 0.2) is 0 Å². The average molecular weight is 507 g/mol. The van der Waals surface area contributed by atoms with Crippen LogP contribution in [0.4, 0.5) is 0 Å². The van der Waals surface area contributed by atoms with Crippen molar-refractivity contribution in [3.05, 3.63) is 13.8 Å². The Balaban J connectivity index is 0.00000400. The number of likely N-dealkylation sites (tertiary alicyclic amines) is 1. The van der Waals surface area contributed by atoms with E-state index in [0.717, 1.165) is 6.42 Å². The summed E-state index contributed by atoms with van der Waals surface area (Å²) >= 11 is 0. The SMILES string of the molecule is [3H]C1CC[C@H](C[CH2-])N1C(=O)[C@H]([CH2-])NC(=O)[C@H](C)CNC.[U+2]. The summed E-state index contributed by atoms with van der Waals surface area (Å²) in [4.78, 5) is 25.7. The molecule has 0 aromatic carbocycles. The van der Waals surface area contributed by atoms with Crippen LogP contribution in [0.5, 0.6) is 0 Å². The first-order valence-corrected chi connectivity index (χ1v) is 6.74. The zero-order valence-electron chi connectivity index (χ0n) is 13.3. The summed E-state index contributed by atoms with van der Waals surface area (Å²) in [6.07, 6.45) is 2.03. The van der Waals surface area contributed by atoms with E-state index >= 15 is 0 Å². The van der Waals surface area contributed by atoms with Crippen LogP contribution in [0.25, 0.3) is 0 Å². The molecule has 0 aromatic heterocycles. The molecule has 6 heteroatoms. The third-order valence-electron chi connectivity index (χ3n) is 3.38. The van der Waals surface area contributed by atoms with Crippen LogP contribution in [-0.4, -0.2) is 48.9 Å². The summed E-state index contributed by atoms with van der Waals surface area (Å²) < 4.78 is 7.91. The van der Waals surface area contributed by atoms with Crippen LogP contribution in [-0.2, 0) is 9.59 Å². The van der Waals surface area contributed by atoms with E-state index in [2.05, 4.69) is 24.5 Å². The van der Waals surface area contributed by atoms with Gasteiger partial charge < -0.3 is 29.4 Å². The molecule has 1 saturated heterocycles. The minimum absolute atomic E-state index is 0. The smallest absolute Gasteiger partial charge is 0.374 e. The molecule has 1 aliphatic heterocycles. The number of carbonyl (C=O) groups is 2. The minimum atomic E-state index is -0.846. The van der Waals surface area contributed by atoms with E-state index in [0.29, 0.717) is 19.4 Å². The van der Waals surface area contributed by atoms with E-state index < -0.39 is 12.6 Å². The predicted octanol–water partition coefficient (Wildman–Crippen LogP) is 0.376. The number of rotatable bonds is 6. The predicted molar refractivity (Wildman–Crippen MR) is 75.1 cm³/mol. The van der Waals surface area contributed by atoms with Gasteiger partial charge in [-0.15, -0.1) is 0 Å². The van der Waals surface area contributed by atoms with Gasteiger partial charge in [0.2, 0.25) is 11.8 Å². The molecular formula is C14H25N3O2U. The molecule has 1 unspecified atom stereocenters. The fourth-order valence-corrected chi connectivity index (χ4v) is 2.20. The Morgan fingerprint density at radius 1 is 1.55 bits per heavy atom. The van der Waals surface area contributed by atoms with Gasteiger partial charge in [-0.25, -0.2) is 0 Å². The van der Waals surface area contributed by atoms with E-state index in [-0.39, 0.29) is 54.9 Å². The molecule has 0 aromatic rings. The van der Waals surface area contributed by atoms with Gasteiger partial charge in [-0.05, 0) is 25.9 Å². The molecule has 5 nitrogen and oxygen atoms in total. The van der Waals surface area contributed by atoms with Crippen molar-refractivity contribution in [2.24, 2.45) is 5.92 Å². The Bertz CT molecular complexity index is 357. The zero-order chi connectivity index (χ0) is 15.3.